The van der Waals surface area contributed by atoms with Gasteiger partial charge >= 0.3 is 6.01 Å². The van der Waals surface area contributed by atoms with Crippen molar-refractivity contribution in [1.29, 1.82) is 0 Å². The van der Waals surface area contributed by atoms with Gasteiger partial charge in [-0.3, -0.25) is 4.90 Å². The predicted octanol–water partition coefficient (Wildman–Crippen LogP) is 4.82. The second-order valence-corrected chi connectivity index (χ2v) is 12.2. The van der Waals surface area contributed by atoms with E-state index in [1.54, 1.807) is 0 Å². The van der Waals surface area contributed by atoms with Gasteiger partial charge in [-0.2, -0.15) is 9.97 Å². The third kappa shape index (κ3) is 5.45. The molecule has 4 heterocycles. The van der Waals surface area contributed by atoms with E-state index in [0.717, 1.165) is 57.0 Å². The Kier molecular flexibility index (Phi) is 7.52. The van der Waals surface area contributed by atoms with Crippen LogP contribution in [0.2, 0.25) is 0 Å². The smallest absolute Gasteiger partial charge is 0.318 e. The fraction of sp³-hybridized carbons (Fsp3) is 0.531. The molecule has 8 nitrogen and oxygen atoms in total. The third-order valence-electron chi connectivity index (χ3n) is 8.88. The molecule has 8 heteroatoms. The van der Waals surface area contributed by atoms with E-state index >= 15 is 0 Å². The average molecular weight is 541 g/mol. The van der Waals surface area contributed by atoms with E-state index < -0.39 is 0 Å². The first-order valence-electron chi connectivity index (χ1n) is 14.6. The normalized spacial score (nSPS) is 23.1. The molecule has 2 aromatic carbocycles. The summed E-state index contributed by atoms with van der Waals surface area (Å²) in [6.45, 7) is 17.7. The van der Waals surface area contributed by atoms with Gasteiger partial charge in [-0.1, -0.05) is 36.4 Å². The van der Waals surface area contributed by atoms with E-state index in [9.17, 15) is 0 Å². The zero-order valence-electron chi connectivity index (χ0n) is 24.0. The van der Waals surface area contributed by atoms with Crippen LogP contribution in [-0.4, -0.2) is 79.5 Å². The standard InChI is InChI=1S/C32H40N6O2/c1-32(2)22-40-25(19-36(32)4)21-39-31-34-28-20-37(29-13-7-11-24-10-5-6-12-26(24)29)16-14-27(28)30(35-31)38-15-8-9-23(18-38)17-33-3/h5-7,10-13,23,25H,8-9,14-22H2,1-2,4H3/t23-,25+/m0/s1. The van der Waals surface area contributed by atoms with Crippen molar-refractivity contribution in [1.82, 2.24) is 14.9 Å². The van der Waals surface area contributed by atoms with Crippen LogP contribution in [0.5, 0.6) is 6.01 Å². The Morgan fingerprint density at radius 3 is 2.77 bits per heavy atom. The molecule has 0 unspecified atom stereocenters. The average Bonchev–Trinajstić information content (AvgIpc) is 2.97. The van der Waals surface area contributed by atoms with E-state index in [-0.39, 0.29) is 11.6 Å². The highest BCUT2D eigenvalue weighted by Crippen LogP contribution is 2.35. The van der Waals surface area contributed by atoms with Gasteiger partial charge < -0.3 is 24.1 Å². The van der Waals surface area contributed by atoms with E-state index in [2.05, 4.69) is 82.9 Å². The highest BCUT2D eigenvalue weighted by molar-refractivity contribution is 5.94. The third-order valence-corrected chi connectivity index (χ3v) is 8.88. The second-order valence-electron chi connectivity index (χ2n) is 12.2. The van der Waals surface area contributed by atoms with Gasteiger partial charge in [0.2, 0.25) is 6.54 Å². The molecule has 3 aliphatic rings. The topological polar surface area (TPSA) is 58.3 Å². The molecule has 6 rings (SSSR count). The minimum atomic E-state index is -0.0219. The number of hydrogen-bond donors (Lipinski definition) is 0. The summed E-state index contributed by atoms with van der Waals surface area (Å²) in [5.74, 6) is 1.38. The Labute approximate surface area is 237 Å². The molecule has 0 aliphatic carbocycles. The lowest BCUT2D eigenvalue weighted by Crippen LogP contribution is -2.55. The number of nitrogens with zero attached hydrogens (tertiary/aromatic N) is 6. The molecule has 0 saturated carbocycles. The van der Waals surface area contributed by atoms with E-state index in [0.29, 0.717) is 38.2 Å². The Morgan fingerprint density at radius 1 is 1.07 bits per heavy atom. The molecule has 0 N–H and O–H groups in total. The number of rotatable bonds is 6. The number of morpholine rings is 1. The van der Waals surface area contributed by atoms with E-state index in [1.807, 2.05) is 0 Å². The van der Waals surface area contributed by atoms with Crippen LogP contribution in [0.1, 0.15) is 37.9 Å². The van der Waals surface area contributed by atoms with E-state index in [1.165, 1.54) is 22.0 Å². The number of hydrogen-bond acceptors (Lipinski definition) is 7. The number of piperidine rings is 1. The van der Waals surface area contributed by atoms with Crippen LogP contribution >= 0.6 is 0 Å². The highest BCUT2D eigenvalue weighted by Gasteiger charge is 2.34. The molecule has 3 aromatic rings. The lowest BCUT2D eigenvalue weighted by Gasteiger charge is -2.43. The summed E-state index contributed by atoms with van der Waals surface area (Å²) in [5, 5.41) is 2.51. The molecule has 2 saturated heterocycles. The maximum Gasteiger partial charge on any atom is 0.318 e. The van der Waals surface area contributed by atoms with Crippen molar-refractivity contribution in [3.05, 3.63) is 65.1 Å². The molecule has 2 atom stereocenters. The van der Waals surface area contributed by atoms with Crippen LogP contribution in [0.3, 0.4) is 0 Å². The molecule has 40 heavy (non-hydrogen) atoms. The van der Waals surface area contributed by atoms with Crippen LogP contribution in [0.15, 0.2) is 42.5 Å². The monoisotopic (exact) mass is 540 g/mol. The Balaban J connectivity index is 1.29. The van der Waals surface area contributed by atoms with Crippen molar-refractivity contribution < 1.29 is 9.47 Å². The largest absolute Gasteiger partial charge is 0.461 e. The highest BCUT2D eigenvalue weighted by atomic mass is 16.5. The van der Waals surface area contributed by atoms with Crippen LogP contribution in [0.4, 0.5) is 11.5 Å². The molecule has 1 aromatic heterocycles. The first-order valence-corrected chi connectivity index (χ1v) is 14.6. The maximum atomic E-state index is 7.39. The fourth-order valence-corrected chi connectivity index (χ4v) is 6.25. The first kappa shape index (κ1) is 26.8. The molecular weight excluding hydrogens is 500 g/mol. The number of fused-ring (bicyclic) bond motifs is 2. The molecule has 210 valence electrons. The predicted molar refractivity (Wildman–Crippen MR) is 159 cm³/mol. The first-order chi connectivity index (χ1) is 19.4. The van der Waals surface area contributed by atoms with Crippen molar-refractivity contribution in [3.8, 4) is 6.01 Å². The van der Waals surface area contributed by atoms with Crippen molar-refractivity contribution in [3.63, 3.8) is 0 Å². The number of aromatic nitrogens is 2. The van der Waals surface area contributed by atoms with Crippen molar-refractivity contribution in [2.45, 2.75) is 51.3 Å². The Morgan fingerprint density at radius 2 is 1.93 bits per heavy atom. The summed E-state index contributed by atoms with van der Waals surface area (Å²) in [4.78, 5) is 20.9. The zero-order valence-corrected chi connectivity index (χ0v) is 24.0. The molecule has 3 aliphatic heterocycles. The van der Waals surface area contributed by atoms with Crippen LogP contribution in [0.25, 0.3) is 15.6 Å². The molecular formula is C32H40N6O2. The van der Waals surface area contributed by atoms with Gasteiger partial charge in [0, 0.05) is 54.3 Å². The van der Waals surface area contributed by atoms with Gasteiger partial charge in [0.1, 0.15) is 18.5 Å². The molecule has 0 bridgehead atoms. The molecule has 0 spiro atoms. The number of likely N-dealkylation sites (N-methyl/N-ethyl adjacent to an activating group) is 1. The minimum absolute atomic E-state index is 0.0210. The summed E-state index contributed by atoms with van der Waals surface area (Å²) in [6, 6.07) is 15.5. The van der Waals surface area contributed by atoms with Crippen molar-refractivity contribution in [2.75, 3.05) is 62.8 Å². The summed E-state index contributed by atoms with van der Waals surface area (Å²) < 4.78 is 12.4. The van der Waals surface area contributed by atoms with Gasteiger partial charge in [-0.15, -0.1) is 0 Å². The van der Waals surface area contributed by atoms with Gasteiger partial charge in [-0.25, -0.2) is 6.57 Å². The summed E-state index contributed by atoms with van der Waals surface area (Å²) in [6.07, 6.45) is 3.04. The van der Waals surface area contributed by atoms with Crippen molar-refractivity contribution >= 4 is 22.3 Å². The Bertz CT molecular complexity index is 1400. The lowest BCUT2D eigenvalue weighted by atomic mass is 9.96. The van der Waals surface area contributed by atoms with Gasteiger partial charge in [0.05, 0.1) is 18.8 Å². The SMILES string of the molecule is [C-]#[N+]C[C@@H]1CCCN(c2nc(OC[C@H]3CN(C)C(C)(C)CO3)nc3c2CCN(c2cccc4ccccc24)C3)C1. The van der Waals surface area contributed by atoms with Gasteiger partial charge in [0.15, 0.2) is 0 Å². The summed E-state index contributed by atoms with van der Waals surface area (Å²) >= 11 is 0. The summed E-state index contributed by atoms with van der Waals surface area (Å²) in [7, 11) is 2.14. The number of ether oxygens (including phenoxy) is 2. The molecule has 2 fully saturated rings. The van der Waals surface area contributed by atoms with Gasteiger partial charge in [-0.05, 0) is 51.6 Å². The minimum Gasteiger partial charge on any atom is -0.461 e. The van der Waals surface area contributed by atoms with Crippen LogP contribution in [-0.2, 0) is 17.7 Å². The fourth-order valence-electron chi connectivity index (χ4n) is 6.25. The van der Waals surface area contributed by atoms with E-state index in [4.69, 9.17) is 26.0 Å². The molecule has 0 amide bonds. The maximum absolute atomic E-state index is 7.39. The lowest BCUT2D eigenvalue weighted by molar-refractivity contribution is -0.101. The Hall–Kier alpha value is -3.41. The van der Waals surface area contributed by atoms with Crippen LogP contribution in [0, 0.1) is 12.5 Å². The summed E-state index contributed by atoms with van der Waals surface area (Å²) in [5.41, 5.74) is 3.52. The zero-order chi connectivity index (χ0) is 27.7. The van der Waals surface area contributed by atoms with Crippen LogP contribution < -0.4 is 14.5 Å². The van der Waals surface area contributed by atoms with Gasteiger partial charge in [0.25, 0.3) is 0 Å². The second kappa shape index (κ2) is 11.2. The quantitative estimate of drug-likeness (QED) is 0.416. The number of anilines is 2. The number of benzene rings is 2. The molecule has 0 radical (unpaired) electrons. The van der Waals surface area contributed by atoms with Crippen molar-refractivity contribution in [2.24, 2.45) is 5.92 Å².